The quantitative estimate of drug-likeness (QED) is 0.508. The summed E-state index contributed by atoms with van der Waals surface area (Å²) in [5, 5.41) is 0. The van der Waals surface area contributed by atoms with Gasteiger partial charge in [-0.2, -0.15) is 4.99 Å². The SMILES string of the molecule is CCOC(=O)Cn1c(=NC(=O)c2ccc(N(C)C)cc2)sc2cc(C(=O)OCC)ccc21. The van der Waals surface area contributed by atoms with Gasteiger partial charge in [0.25, 0.3) is 5.91 Å². The van der Waals surface area contributed by atoms with E-state index in [4.69, 9.17) is 9.47 Å². The van der Waals surface area contributed by atoms with Crippen LogP contribution >= 0.6 is 11.3 Å². The Labute approximate surface area is 189 Å². The third-order valence-corrected chi connectivity index (χ3v) is 5.66. The molecule has 3 aromatic rings. The molecule has 1 heterocycles. The Kier molecular flexibility index (Phi) is 7.42. The molecule has 0 N–H and O–H groups in total. The minimum Gasteiger partial charge on any atom is -0.465 e. The lowest BCUT2D eigenvalue weighted by Crippen LogP contribution is -2.23. The van der Waals surface area contributed by atoms with E-state index in [9.17, 15) is 14.4 Å². The average molecular weight is 456 g/mol. The van der Waals surface area contributed by atoms with Crippen LogP contribution in [0.4, 0.5) is 5.69 Å². The number of hydrogen-bond acceptors (Lipinski definition) is 7. The van der Waals surface area contributed by atoms with Crippen molar-refractivity contribution in [3.8, 4) is 0 Å². The summed E-state index contributed by atoms with van der Waals surface area (Å²) >= 11 is 1.22. The maximum atomic E-state index is 12.8. The highest BCUT2D eigenvalue weighted by Gasteiger charge is 2.15. The minimum absolute atomic E-state index is 0.0989. The Morgan fingerprint density at radius 1 is 0.969 bits per heavy atom. The summed E-state index contributed by atoms with van der Waals surface area (Å²) in [5.41, 5.74) is 2.46. The van der Waals surface area contributed by atoms with E-state index in [-0.39, 0.29) is 19.8 Å². The standard InChI is InChI=1S/C23H25N3O5S/c1-5-30-20(27)14-26-18-12-9-16(22(29)31-6-2)13-19(18)32-23(26)24-21(28)15-7-10-17(11-8-15)25(3)4/h7-13H,5-6,14H2,1-4H3. The molecule has 0 aliphatic heterocycles. The number of esters is 2. The summed E-state index contributed by atoms with van der Waals surface area (Å²) in [6.07, 6.45) is 0. The monoisotopic (exact) mass is 455 g/mol. The second-order valence-corrected chi connectivity index (χ2v) is 8.05. The first-order valence-electron chi connectivity index (χ1n) is 10.2. The maximum absolute atomic E-state index is 12.8. The molecule has 0 spiro atoms. The largest absolute Gasteiger partial charge is 0.465 e. The number of benzene rings is 2. The first-order valence-corrected chi connectivity index (χ1v) is 11.0. The van der Waals surface area contributed by atoms with Crippen molar-refractivity contribution in [2.75, 3.05) is 32.2 Å². The van der Waals surface area contributed by atoms with Gasteiger partial charge < -0.3 is 18.9 Å². The van der Waals surface area contributed by atoms with Gasteiger partial charge in [-0.1, -0.05) is 11.3 Å². The Morgan fingerprint density at radius 3 is 2.25 bits per heavy atom. The van der Waals surface area contributed by atoms with Gasteiger partial charge in [0.2, 0.25) is 0 Å². The Bertz CT molecular complexity index is 1210. The van der Waals surface area contributed by atoms with E-state index < -0.39 is 17.8 Å². The molecular weight excluding hydrogens is 430 g/mol. The Hall–Kier alpha value is -3.46. The fourth-order valence-electron chi connectivity index (χ4n) is 3.04. The smallest absolute Gasteiger partial charge is 0.338 e. The lowest BCUT2D eigenvalue weighted by molar-refractivity contribution is -0.143. The third kappa shape index (κ3) is 5.23. The molecule has 8 nitrogen and oxygen atoms in total. The predicted octanol–water partition coefficient (Wildman–Crippen LogP) is 3.25. The van der Waals surface area contributed by atoms with Crippen LogP contribution in [0, 0.1) is 0 Å². The molecule has 0 saturated carbocycles. The van der Waals surface area contributed by atoms with E-state index in [0.717, 1.165) is 5.69 Å². The van der Waals surface area contributed by atoms with Gasteiger partial charge in [-0.3, -0.25) is 9.59 Å². The summed E-state index contributed by atoms with van der Waals surface area (Å²) in [4.78, 5) is 43.7. The lowest BCUT2D eigenvalue weighted by Gasteiger charge is -2.11. The van der Waals surface area contributed by atoms with Gasteiger partial charge in [-0.05, 0) is 56.3 Å². The number of ether oxygens (including phenoxy) is 2. The van der Waals surface area contributed by atoms with Crippen molar-refractivity contribution >= 4 is 45.1 Å². The van der Waals surface area contributed by atoms with Crippen LogP contribution in [-0.4, -0.2) is 49.7 Å². The molecule has 0 unspecified atom stereocenters. The molecule has 0 aliphatic carbocycles. The third-order valence-electron chi connectivity index (χ3n) is 4.61. The number of carbonyl (C=O) groups is 3. The molecule has 9 heteroatoms. The normalized spacial score (nSPS) is 11.4. The molecule has 168 valence electrons. The zero-order valence-corrected chi connectivity index (χ0v) is 19.3. The number of rotatable bonds is 7. The second-order valence-electron chi connectivity index (χ2n) is 7.04. The first-order chi connectivity index (χ1) is 15.3. The molecule has 32 heavy (non-hydrogen) atoms. The molecule has 0 bridgehead atoms. The number of amides is 1. The highest BCUT2D eigenvalue weighted by Crippen LogP contribution is 2.20. The number of aromatic nitrogens is 1. The van der Waals surface area contributed by atoms with Gasteiger partial charge in [0.15, 0.2) is 4.80 Å². The minimum atomic E-state index is -0.439. The molecule has 1 aromatic heterocycles. The summed E-state index contributed by atoms with van der Waals surface area (Å²) < 4.78 is 12.5. The molecule has 0 fully saturated rings. The molecule has 0 radical (unpaired) electrons. The fraction of sp³-hybridized carbons (Fsp3) is 0.304. The van der Waals surface area contributed by atoms with Crippen LogP contribution in [0.3, 0.4) is 0 Å². The lowest BCUT2D eigenvalue weighted by atomic mass is 10.2. The molecule has 0 aliphatic rings. The van der Waals surface area contributed by atoms with E-state index >= 15 is 0 Å². The summed E-state index contributed by atoms with van der Waals surface area (Å²) in [7, 11) is 3.84. The van der Waals surface area contributed by atoms with Gasteiger partial charge >= 0.3 is 11.9 Å². The van der Waals surface area contributed by atoms with Crippen molar-refractivity contribution in [3.05, 3.63) is 58.4 Å². The maximum Gasteiger partial charge on any atom is 0.338 e. The molecule has 0 atom stereocenters. The van der Waals surface area contributed by atoms with Crippen LogP contribution in [0.25, 0.3) is 10.2 Å². The topological polar surface area (TPSA) is 90.2 Å². The van der Waals surface area contributed by atoms with Crippen molar-refractivity contribution in [2.24, 2.45) is 4.99 Å². The molecule has 3 rings (SSSR count). The predicted molar refractivity (Wildman–Crippen MR) is 123 cm³/mol. The summed E-state index contributed by atoms with van der Waals surface area (Å²) in [6, 6.07) is 12.1. The van der Waals surface area contributed by atoms with Gasteiger partial charge in [0, 0.05) is 25.3 Å². The zero-order chi connectivity index (χ0) is 23.3. The summed E-state index contributed by atoms with van der Waals surface area (Å²) in [6.45, 7) is 3.89. The van der Waals surface area contributed by atoms with Gasteiger partial charge in [0.1, 0.15) is 6.54 Å². The Morgan fingerprint density at radius 2 is 1.62 bits per heavy atom. The number of anilines is 1. The number of nitrogens with zero attached hydrogens (tertiary/aromatic N) is 3. The van der Waals surface area contributed by atoms with Crippen LogP contribution in [0.15, 0.2) is 47.5 Å². The Balaban J connectivity index is 2.06. The highest BCUT2D eigenvalue weighted by atomic mass is 32.1. The van der Waals surface area contributed by atoms with Crippen molar-refractivity contribution in [1.29, 1.82) is 0 Å². The molecule has 0 saturated heterocycles. The van der Waals surface area contributed by atoms with Crippen molar-refractivity contribution in [3.63, 3.8) is 0 Å². The van der Waals surface area contributed by atoms with Crippen LogP contribution < -0.4 is 9.70 Å². The van der Waals surface area contributed by atoms with Crippen LogP contribution in [0.1, 0.15) is 34.6 Å². The zero-order valence-electron chi connectivity index (χ0n) is 18.5. The van der Waals surface area contributed by atoms with Gasteiger partial charge in [-0.25, -0.2) is 4.79 Å². The van der Waals surface area contributed by atoms with Crippen LogP contribution in [0.2, 0.25) is 0 Å². The van der Waals surface area contributed by atoms with E-state index in [1.807, 2.05) is 31.1 Å². The summed E-state index contributed by atoms with van der Waals surface area (Å²) in [5.74, 6) is -1.30. The number of carbonyl (C=O) groups excluding carboxylic acids is 3. The molecule has 2 aromatic carbocycles. The van der Waals surface area contributed by atoms with Crippen molar-refractivity contribution in [2.45, 2.75) is 20.4 Å². The second kappa shape index (κ2) is 10.2. The average Bonchev–Trinajstić information content (AvgIpc) is 3.10. The van der Waals surface area contributed by atoms with E-state index in [1.165, 1.54) is 11.3 Å². The van der Waals surface area contributed by atoms with E-state index in [2.05, 4.69) is 4.99 Å². The van der Waals surface area contributed by atoms with Gasteiger partial charge in [-0.15, -0.1) is 0 Å². The van der Waals surface area contributed by atoms with Gasteiger partial charge in [0.05, 0.1) is 29.0 Å². The highest BCUT2D eigenvalue weighted by molar-refractivity contribution is 7.16. The molecule has 1 amide bonds. The van der Waals surface area contributed by atoms with Crippen molar-refractivity contribution in [1.82, 2.24) is 4.57 Å². The number of hydrogen-bond donors (Lipinski definition) is 0. The number of thiazole rings is 1. The van der Waals surface area contributed by atoms with Crippen molar-refractivity contribution < 1.29 is 23.9 Å². The number of fused-ring (bicyclic) bond motifs is 1. The molecular formula is C23H25N3O5S. The van der Waals surface area contributed by atoms with E-state index in [0.29, 0.717) is 26.1 Å². The fourth-order valence-corrected chi connectivity index (χ4v) is 4.11. The first kappa shape index (κ1) is 23.2. The van der Waals surface area contributed by atoms with E-state index in [1.54, 1.807) is 48.7 Å². The van der Waals surface area contributed by atoms with Crippen LogP contribution in [0.5, 0.6) is 0 Å². The van der Waals surface area contributed by atoms with Crippen LogP contribution in [-0.2, 0) is 20.8 Å².